The van der Waals surface area contributed by atoms with Gasteiger partial charge < -0.3 is 28.1 Å². The first-order chi connectivity index (χ1) is 27.6. The number of aryl methyl sites for hydroxylation is 2. The Bertz CT molecular complexity index is 2540. The molecule has 0 atom stereocenters. The molecule has 9 rings (SSSR count). The number of ether oxygens (including phenoxy) is 4. The lowest BCUT2D eigenvalue weighted by atomic mass is 10.1. The number of fused-ring (bicyclic) bond motifs is 12. The second-order valence-electron chi connectivity index (χ2n) is 15.4. The number of benzene rings is 5. The highest BCUT2D eigenvalue weighted by atomic mass is 16.5. The summed E-state index contributed by atoms with van der Waals surface area (Å²) in [4.78, 5) is 10.4. The van der Waals surface area contributed by atoms with Crippen molar-refractivity contribution >= 4 is 55.0 Å². The summed E-state index contributed by atoms with van der Waals surface area (Å²) in [5.74, 6) is 4.04. The number of unbranched alkanes of at least 4 members (excludes halogenated alkanes) is 10. The summed E-state index contributed by atoms with van der Waals surface area (Å²) in [6, 6.07) is 25.4. The molecule has 8 nitrogen and oxygen atoms in total. The molecular weight excluding hydrogens is 697 g/mol. The highest BCUT2D eigenvalue weighted by Crippen LogP contribution is 2.52. The second-order valence-corrected chi connectivity index (χ2v) is 15.4. The molecule has 0 unspecified atom stereocenters. The summed E-state index contributed by atoms with van der Waals surface area (Å²) in [5, 5.41) is 5.75. The van der Waals surface area contributed by atoms with Crippen molar-refractivity contribution in [1.29, 1.82) is 0 Å². The maximum Gasteiger partial charge on any atom is 0.166 e. The second kappa shape index (κ2) is 15.6. The van der Waals surface area contributed by atoms with E-state index in [1.165, 1.54) is 75.2 Å². The van der Waals surface area contributed by atoms with Crippen molar-refractivity contribution in [3.63, 3.8) is 0 Å². The van der Waals surface area contributed by atoms with Crippen LogP contribution in [0.1, 0.15) is 90.9 Å². The summed E-state index contributed by atoms with van der Waals surface area (Å²) in [6.07, 6.45) is 14.9. The van der Waals surface area contributed by atoms with Crippen molar-refractivity contribution < 1.29 is 18.9 Å². The van der Waals surface area contributed by atoms with E-state index < -0.39 is 0 Å². The van der Waals surface area contributed by atoms with Gasteiger partial charge >= 0.3 is 0 Å². The van der Waals surface area contributed by atoms with E-state index >= 15 is 0 Å². The third-order valence-electron chi connectivity index (χ3n) is 11.7. The van der Waals surface area contributed by atoms with Gasteiger partial charge in [0.2, 0.25) is 0 Å². The van der Waals surface area contributed by atoms with Gasteiger partial charge in [-0.2, -0.15) is 0 Å². The van der Waals surface area contributed by atoms with E-state index in [0.29, 0.717) is 56.6 Å². The van der Waals surface area contributed by atoms with Crippen molar-refractivity contribution in [3.8, 4) is 34.5 Å². The normalized spacial score (nSPS) is 12.8. The van der Waals surface area contributed by atoms with Crippen LogP contribution < -0.4 is 29.7 Å². The summed E-state index contributed by atoms with van der Waals surface area (Å²) >= 11 is 0. The maximum atomic E-state index is 6.90. The zero-order valence-corrected chi connectivity index (χ0v) is 33.2. The van der Waals surface area contributed by atoms with E-state index in [9.17, 15) is 0 Å². The van der Waals surface area contributed by atoms with Gasteiger partial charge in [0.05, 0.1) is 36.0 Å². The van der Waals surface area contributed by atoms with Crippen LogP contribution in [-0.2, 0) is 13.1 Å². The van der Waals surface area contributed by atoms with Gasteiger partial charge in [-0.05, 0) is 25.0 Å². The molecule has 0 bridgehead atoms. The molecule has 56 heavy (non-hydrogen) atoms. The summed E-state index contributed by atoms with van der Waals surface area (Å²) in [5.41, 5.74) is 5.95. The van der Waals surface area contributed by atoms with E-state index in [4.69, 9.17) is 28.9 Å². The fraction of sp³-hybridized carbons (Fsp3) is 0.375. The van der Waals surface area contributed by atoms with Gasteiger partial charge in [-0.25, -0.2) is 9.98 Å². The highest BCUT2D eigenvalue weighted by Gasteiger charge is 2.29. The molecule has 0 N–H and O–H groups in total. The predicted molar refractivity (Wildman–Crippen MR) is 227 cm³/mol. The Morgan fingerprint density at radius 3 is 1.34 bits per heavy atom. The molecule has 4 heterocycles. The Hall–Kier alpha value is -5.50. The Morgan fingerprint density at radius 2 is 0.911 bits per heavy atom. The SMILES string of the molecule is CCCCCCCCn1c2ccccc2c2c3c(c(OC)cc21)N=c1cc2c(cc1O3)=Nc1c(OC)cc3c(c1O2)c1ccccc1n3CCCCCCCC. The standard InChI is InChI=1S/C48H52N4O4/c1-5-7-9-11-13-19-25-51-35-23-17-15-21-31(35)43-37(51)29-41(53-3)45-47(43)55-39-27-34-40(28-33(39)49-45)56-48-44-32-22-16-18-24-36(32)52(26-20-14-12-10-8-6-2)38(44)30-42(54-4)46(48)50-34/h15-18,21-24,27-30H,5-14,19-20,25-26H2,1-4H3. The van der Waals surface area contributed by atoms with E-state index in [-0.39, 0.29) is 0 Å². The quantitative estimate of drug-likeness (QED) is 0.0923. The van der Waals surface area contributed by atoms with E-state index in [1.807, 2.05) is 12.1 Å². The molecule has 0 fully saturated rings. The highest BCUT2D eigenvalue weighted by molar-refractivity contribution is 6.15. The van der Waals surface area contributed by atoms with Crippen LogP contribution in [0.4, 0.5) is 11.4 Å². The molecule has 0 saturated heterocycles. The molecule has 2 aromatic heterocycles. The molecule has 0 amide bonds. The lowest BCUT2D eigenvalue weighted by Crippen LogP contribution is -2.19. The first kappa shape index (κ1) is 36.2. The number of methoxy groups -OCH3 is 2. The topological polar surface area (TPSA) is 71.5 Å². The molecule has 5 aromatic carbocycles. The smallest absolute Gasteiger partial charge is 0.166 e. The average Bonchev–Trinajstić information content (AvgIpc) is 3.72. The Labute approximate surface area is 328 Å². The molecule has 7 aromatic rings. The fourth-order valence-corrected chi connectivity index (χ4v) is 8.91. The van der Waals surface area contributed by atoms with E-state index in [1.54, 1.807) is 14.2 Å². The summed E-state index contributed by atoms with van der Waals surface area (Å²) in [6.45, 7) is 6.39. The van der Waals surface area contributed by atoms with Crippen LogP contribution in [0, 0.1) is 0 Å². The minimum atomic E-state index is 0.630. The predicted octanol–water partition coefficient (Wildman–Crippen LogP) is 12.8. The van der Waals surface area contributed by atoms with Crippen LogP contribution in [0.5, 0.6) is 34.5 Å². The third-order valence-corrected chi connectivity index (χ3v) is 11.7. The lowest BCUT2D eigenvalue weighted by Gasteiger charge is -2.21. The minimum Gasteiger partial charge on any atom is -0.494 e. The Kier molecular flexibility index (Phi) is 10.0. The molecule has 2 aliphatic heterocycles. The van der Waals surface area contributed by atoms with Gasteiger partial charge in [-0.15, -0.1) is 0 Å². The summed E-state index contributed by atoms with van der Waals surface area (Å²) < 4.78 is 30.7. The van der Waals surface area contributed by atoms with Crippen LogP contribution >= 0.6 is 0 Å². The van der Waals surface area contributed by atoms with Gasteiger partial charge in [0.25, 0.3) is 0 Å². The Balaban J connectivity index is 1.13. The van der Waals surface area contributed by atoms with E-state index in [2.05, 4.69) is 83.6 Å². The monoisotopic (exact) mass is 748 g/mol. The van der Waals surface area contributed by atoms with Crippen molar-refractivity contribution in [1.82, 2.24) is 9.13 Å². The van der Waals surface area contributed by atoms with Crippen LogP contribution in [0.3, 0.4) is 0 Å². The average molecular weight is 749 g/mol. The molecule has 8 heteroatoms. The number of hydrogen-bond acceptors (Lipinski definition) is 6. The van der Waals surface area contributed by atoms with Crippen molar-refractivity contribution in [2.45, 2.75) is 104 Å². The third kappa shape index (κ3) is 6.23. The summed E-state index contributed by atoms with van der Waals surface area (Å²) in [7, 11) is 3.42. The molecular formula is C48H52N4O4. The minimum absolute atomic E-state index is 0.630. The zero-order valence-electron chi connectivity index (χ0n) is 33.2. The number of hydrogen-bond donors (Lipinski definition) is 0. The van der Waals surface area contributed by atoms with Crippen LogP contribution in [0.25, 0.3) is 43.6 Å². The molecule has 0 aliphatic carbocycles. The van der Waals surface area contributed by atoms with Crippen molar-refractivity contribution in [3.05, 3.63) is 83.5 Å². The fourth-order valence-electron chi connectivity index (χ4n) is 8.91. The van der Waals surface area contributed by atoms with Crippen molar-refractivity contribution in [2.75, 3.05) is 14.2 Å². The molecule has 0 saturated carbocycles. The number of rotatable bonds is 16. The maximum absolute atomic E-state index is 6.90. The van der Waals surface area contributed by atoms with E-state index in [0.717, 1.165) is 58.5 Å². The molecule has 0 spiro atoms. The zero-order chi connectivity index (χ0) is 38.2. The van der Waals surface area contributed by atoms with Gasteiger partial charge in [0.1, 0.15) is 33.6 Å². The molecule has 288 valence electrons. The van der Waals surface area contributed by atoms with Gasteiger partial charge in [0, 0.05) is 59.2 Å². The van der Waals surface area contributed by atoms with Crippen LogP contribution in [-0.4, -0.2) is 23.4 Å². The molecule has 0 radical (unpaired) electrons. The number of para-hydroxylation sites is 2. The molecule has 2 aliphatic rings. The largest absolute Gasteiger partial charge is 0.494 e. The Morgan fingerprint density at radius 1 is 0.500 bits per heavy atom. The first-order valence-corrected chi connectivity index (χ1v) is 20.8. The lowest BCUT2D eigenvalue weighted by molar-refractivity contribution is 0.406. The van der Waals surface area contributed by atoms with Gasteiger partial charge in [0.15, 0.2) is 23.0 Å². The number of aromatic nitrogens is 2. The first-order valence-electron chi connectivity index (χ1n) is 20.8. The van der Waals surface area contributed by atoms with Crippen LogP contribution in [0.15, 0.2) is 82.8 Å². The van der Waals surface area contributed by atoms with Crippen molar-refractivity contribution in [2.24, 2.45) is 9.98 Å². The van der Waals surface area contributed by atoms with Crippen LogP contribution in [0.2, 0.25) is 0 Å². The number of nitrogens with zero attached hydrogens (tertiary/aromatic N) is 4. The van der Waals surface area contributed by atoms with Gasteiger partial charge in [-0.1, -0.05) is 114 Å². The van der Waals surface area contributed by atoms with Gasteiger partial charge in [-0.3, -0.25) is 0 Å².